The van der Waals surface area contributed by atoms with Crippen LogP contribution in [-0.4, -0.2) is 49.7 Å². The normalized spacial score (nSPS) is 14.6. The molecule has 0 aliphatic rings. The van der Waals surface area contributed by atoms with Crippen molar-refractivity contribution in [1.82, 2.24) is 10.2 Å². The molecule has 0 rings (SSSR count). The number of nitrogens with one attached hydrogen (secondary N) is 1. The van der Waals surface area contributed by atoms with Gasteiger partial charge in [-0.1, -0.05) is 34.1 Å². The molecule has 2 unspecified atom stereocenters. The predicted octanol–water partition coefficient (Wildman–Crippen LogP) is 1.90. The van der Waals surface area contributed by atoms with Gasteiger partial charge in [0.15, 0.2) is 0 Å². The molecule has 0 aromatic heterocycles. The zero-order valence-electron chi connectivity index (χ0n) is 12.7. The number of hydrogen-bond acceptors (Lipinski definition) is 4. The molecule has 0 amide bonds. The van der Waals surface area contributed by atoms with E-state index >= 15 is 0 Å². The molecule has 18 heavy (non-hydrogen) atoms. The number of carbonyl (C=O) groups is 1. The fourth-order valence-corrected chi connectivity index (χ4v) is 1.90. The standard InChI is InChI=1S/C14H30N2O2/c1-6-12(5)13(14(17)18-9-4)15-10-11-16(7-2)8-3/h12-13,15H,6-11H2,1-5H3. The zero-order chi connectivity index (χ0) is 14.0. The molecule has 0 aliphatic heterocycles. The Morgan fingerprint density at radius 2 is 1.83 bits per heavy atom. The number of rotatable bonds is 10. The minimum absolute atomic E-state index is 0.119. The molecule has 4 nitrogen and oxygen atoms in total. The van der Waals surface area contributed by atoms with Crippen LogP contribution >= 0.6 is 0 Å². The first-order chi connectivity index (χ1) is 8.60. The second-order valence-electron chi connectivity index (χ2n) is 4.60. The van der Waals surface area contributed by atoms with E-state index in [1.54, 1.807) is 0 Å². The van der Waals surface area contributed by atoms with Gasteiger partial charge >= 0.3 is 5.97 Å². The Kier molecular flexibility index (Phi) is 9.98. The number of likely N-dealkylation sites (N-methyl/N-ethyl adjacent to an activating group) is 1. The average molecular weight is 258 g/mol. The quantitative estimate of drug-likeness (QED) is 0.608. The highest BCUT2D eigenvalue weighted by molar-refractivity contribution is 5.76. The molecule has 108 valence electrons. The summed E-state index contributed by atoms with van der Waals surface area (Å²) in [5.41, 5.74) is 0. The Bertz CT molecular complexity index is 218. The molecule has 0 spiro atoms. The highest BCUT2D eigenvalue weighted by atomic mass is 16.5. The molecule has 0 aliphatic carbocycles. The zero-order valence-corrected chi connectivity index (χ0v) is 12.7. The van der Waals surface area contributed by atoms with Crippen LogP contribution < -0.4 is 5.32 Å². The highest BCUT2D eigenvalue weighted by Crippen LogP contribution is 2.09. The van der Waals surface area contributed by atoms with Gasteiger partial charge in [-0.05, 0) is 25.9 Å². The first kappa shape index (κ1) is 17.4. The second-order valence-corrected chi connectivity index (χ2v) is 4.60. The third kappa shape index (κ3) is 6.36. The van der Waals surface area contributed by atoms with Crippen molar-refractivity contribution in [2.24, 2.45) is 5.92 Å². The second kappa shape index (κ2) is 10.3. The van der Waals surface area contributed by atoms with Crippen molar-refractivity contribution < 1.29 is 9.53 Å². The van der Waals surface area contributed by atoms with E-state index in [9.17, 15) is 4.79 Å². The van der Waals surface area contributed by atoms with Crippen LogP contribution in [0.3, 0.4) is 0 Å². The summed E-state index contributed by atoms with van der Waals surface area (Å²) in [7, 11) is 0. The Labute approximate surface area is 112 Å². The van der Waals surface area contributed by atoms with E-state index in [0.29, 0.717) is 12.5 Å². The van der Waals surface area contributed by atoms with Crippen LogP contribution in [0.2, 0.25) is 0 Å². The average Bonchev–Trinajstić information content (AvgIpc) is 2.38. The lowest BCUT2D eigenvalue weighted by atomic mass is 9.99. The number of nitrogens with zero attached hydrogens (tertiary/aromatic N) is 1. The maximum atomic E-state index is 11.9. The highest BCUT2D eigenvalue weighted by Gasteiger charge is 2.24. The molecular formula is C14H30N2O2. The maximum absolute atomic E-state index is 11.9. The van der Waals surface area contributed by atoms with Crippen molar-refractivity contribution in [3.63, 3.8) is 0 Å². The molecule has 0 fully saturated rings. The Morgan fingerprint density at radius 3 is 2.28 bits per heavy atom. The molecular weight excluding hydrogens is 228 g/mol. The summed E-state index contributed by atoms with van der Waals surface area (Å²) in [4.78, 5) is 14.2. The first-order valence-corrected chi connectivity index (χ1v) is 7.22. The lowest BCUT2D eigenvalue weighted by Gasteiger charge is -2.24. The van der Waals surface area contributed by atoms with Crippen molar-refractivity contribution in [2.45, 2.75) is 47.1 Å². The third-order valence-corrected chi connectivity index (χ3v) is 3.44. The van der Waals surface area contributed by atoms with Crippen molar-refractivity contribution >= 4 is 5.97 Å². The number of ether oxygens (including phenoxy) is 1. The van der Waals surface area contributed by atoms with Crippen LogP contribution in [0.4, 0.5) is 0 Å². The Morgan fingerprint density at radius 1 is 1.22 bits per heavy atom. The first-order valence-electron chi connectivity index (χ1n) is 7.22. The van der Waals surface area contributed by atoms with E-state index in [0.717, 1.165) is 32.6 Å². The minimum Gasteiger partial charge on any atom is -0.465 e. The predicted molar refractivity (Wildman–Crippen MR) is 75.7 cm³/mol. The fraction of sp³-hybridized carbons (Fsp3) is 0.929. The smallest absolute Gasteiger partial charge is 0.323 e. The van der Waals surface area contributed by atoms with E-state index in [1.165, 1.54) is 0 Å². The van der Waals surface area contributed by atoms with Crippen LogP contribution in [0.5, 0.6) is 0 Å². The van der Waals surface area contributed by atoms with E-state index in [4.69, 9.17) is 4.74 Å². The van der Waals surface area contributed by atoms with E-state index in [-0.39, 0.29) is 12.0 Å². The van der Waals surface area contributed by atoms with Gasteiger partial charge in [-0.2, -0.15) is 0 Å². The SMILES string of the molecule is CCOC(=O)C(NCCN(CC)CC)C(C)CC. The van der Waals surface area contributed by atoms with Crippen molar-refractivity contribution in [3.8, 4) is 0 Å². The van der Waals surface area contributed by atoms with Crippen molar-refractivity contribution in [1.29, 1.82) is 0 Å². The largest absolute Gasteiger partial charge is 0.465 e. The summed E-state index contributed by atoms with van der Waals surface area (Å²) < 4.78 is 5.12. The van der Waals surface area contributed by atoms with Gasteiger partial charge in [-0.15, -0.1) is 0 Å². The van der Waals surface area contributed by atoms with Crippen LogP contribution in [0.15, 0.2) is 0 Å². The van der Waals surface area contributed by atoms with Gasteiger partial charge in [0, 0.05) is 13.1 Å². The summed E-state index contributed by atoms with van der Waals surface area (Å²) >= 11 is 0. The molecule has 0 bridgehead atoms. The lowest BCUT2D eigenvalue weighted by Crippen LogP contribution is -2.45. The van der Waals surface area contributed by atoms with Crippen molar-refractivity contribution in [3.05, 3.63) is 0 Å². The van der Waals surface area contributed by atoms with Gasteiger partial charge in [0.25, 0.3) is 0 Å². The topological polar surface area (TPSA) is 41.6 Å². The summed E-state index contributed by atoms with van der Waals surface area (Å²) in [5, 5.41) is 3.34. The molecule has 0 saturated heterocycles. The fourth-order valence-electron chi connectivity index (χ4n) is 1.90. The van der Waals surface area contributed by atoms with Gasteiger partial charge in [0.1, 0.15) is 6.04 Å². The van der Waals surface area contributed by atoms with Gasteiger partial charge in [0.2, 0.25) is 0 Å². The van der Waals surface area contributed by atoms with Crippen LogP contribution in [0.1, 0.15) is 41.0 Å². The van der Waals surface area contributed by atoms with E-state index in [2.05, 4.69) is 37.9 Å². The molecule has 0 radical (unpaired) electrons. The summed E-state index contributed by atoms with van der Waals surface area (Å²) in [6.07, 6.45) is 0.974. The summed E-state index contributed by atoms with van der Waals surface area (Å²) in [6, 6.07) is -0.175. The number of hydrogen-bond donors (Lipinski definition) is 1. The monoisotopic (exact) mass is 258 g/mol. The van der Waals surface area contributed by atoms with Crippen LogP contribution in [-0.2, 0) is 9.53 Å². The van der Waals surface area contributed by atoms with E-state index in [1.807, 2.05) is 6.92 Å². The summed E-state index contributed by atoms with van der Waals surface area (Å²) in [5.74, 6) is 0.187. The molecule has 0 aromatic carbocycles. The Balaban J connectivity index is 4.20. The molecule has 0 saturated carbocycles. The third-order valence-electron chi connectivity index (χ3n) is 3.44. The van der Waals surface area contributed by atoms with Gasteiger partial charge in [0.05, 0.1) is 6.61 Å². The van der Waals surface area contributed by atoms with Crippen LogP contribution in [0.25, 0.3) is 0 Å². The van der Waals surface area contributed by atoms with Gasteiger partial charge < -0.3 is 15.0 Å². The maximum Gasteiger partial charge on any atom is 0.323 e. The molecule has 2 atom stereocenters. The van der Waals surface area contributed by atoms with E-state index < -0.39 is 0 Å². The lowest BCUT2D eigenvalue weighted by molar-refractivity contribution is -0.147. The Hall–Kier alpha value is -0.610. The molecule has 0 aromatic rings. The van der Waals surface area contributed by atoms with Gasteiger partial charge in [-0.25, -0.2) is 0 Å². The van der Waals surface area contributed by atoms with Gasteiger partial charge in [-0.3, -0.25) is 4.79 Å². The van der Waals surface area contributed by atoms with Crippen LogP contribution in [0, 0.1) is 5.92 Å². The number of carbonyl (C=O) groups excluding carboxylic acids is 1. The number of esters is 1. The summed E-state index contributed by atoms with van der Waals surface area (Å²) in [6.45, 7) is 14.7. The molecule has 4 heteroatoms. The minimum atomic E-state index is -0.175. The molecule has 0 heterocycles. The van der Waals surface area contributed by atoms with Crippen molar-refractivity contribution in [2.75, 3.05) is 32.8 Å². The molecule has 1 N–H and O–H groups in total.